The third-order valence-electron chi connectivity index (χ3n) is 4.85. The van der Waals surface area contributed by atoms with Gasteiger partial charge in [0.15, 0.2) is 0 Å². The highest BCUT2D eigenvalue weighted by molar-refractivity contribution is 8.00. The molecule has 0 bridgehead atoms. The molecule has 9 heteroatoms. The van der Waals surface area contributed by atoms with Gasteiger partial charge >= 0.3 is 0 Å². The fourth-order valence-electron chi connectivity index (χ4n) is 3.12. The molecule has 4 aromatic rings. The number of hydrogen-bond donors (Lipinski definition) is 2. The van der Waals surface area contributed by atoms with E-state index in [1.807, 2.05) is 12.3 Å². The summed E-state index contributed by atoms with van der Waals surface area (Å²) >= 11 is 2.73. The summed E-state index contributed by atoms with van der Waals surface area (Å²) in [5, 5.41) is 4.39. The van der Waals surface area contributed by atoms with Crippen molar-refractivity contribution in [1.29, 1.82) is 0 Å². The number of furan rings is 1. The van der Waals surface area contributed by atoms with Crippen molar-refractivity contribution in [2.45, 2.75) is 31.3 Å². The molecule has 1 aromatic carbocycles. The van der Waals surface area contributed by atoms with Crippen LogP contribution in [0.15, 0.2) is 51.2 Å². The summed E-state index contributed by atoms with van der Waals surface area (Å²) in [7, 11) is 0. The number of thiophene rings is 1. The normalized spacial score (nSPS) is 13.3. The van der Waals surface area contributed by atoms with E-state index in [2.05, 4.69) is 15.3 Å². The summed E-state index contributed by atoms with van der Waals surface area (Å²) in [5.74, 6) is 0.495. The van der Waals surface area contributed by atoms with E-state index in [0.717, 1.165) is 0 Å². The summed E-state index contributed by atoms with van der Waals surface area (Å²) in [4.78, 5) is 33.3. The van der Waals surface area contributed by atoms with Crippen molar-refractivity contribution in [1.82, 2.24) is 9.97 Å². The Morgan fingerprint density at radius 3 is 2.84 bits per heavy atom. The lowest BCUT2D eigenvalue weighted by molar-refractivity contribution is -0.115. The number of nitrogens with one attached hydrogen (secondary N) is 2. The van der Waals surface area contributed by atoms with Crippen LogP contribution >= 0.6 is 23.1 Å². The number of fused-ring (bicyclic) bond motifs is 1. The standard InChI is InChI=1S/C22H20FN3O3S2/c1-11-6-7-14(9-16(11)23)24-20(27)13(3)31-12(2)19-25-21(28)18-15(10-30-22(18)26-19)17-5-4-8-29-17/h4-10,12-13H,1-3H3,(H,24,27)(H,25,26,28). The lowest BCUT2D eigenvalue weighted by Gasteiger charge is -2.16. The van der Waals surface area contributed by atoms with Crippen LogP contribution in [-0.4, -0.2) is 21.1 Å². The van der Waals surface area contributed by atoms with Gasteiger partial charge in [0.25, 0.3) is 5.56 Å². The minimum Gasteiger partial charge on any atom is -0.464 e. The number of carbonyl (C=O) groups excluding carboxylic acids is 1. The van der Waals surface area contributed by atoms with Gasteiger partial charge in [-0.25, -0.2) is 9.37 Å². The number of halogens is 1. The maximum Gasteiger partial charge on any atom is 0.260 e. The molecule has 2 atom stereocenters. The second kappa shape index (κ2) is 8.68. The second-order valence-corrected chi connectivity index (χ2v) is 9.68. The summed E-state index contributed by atoms with van der Waals surface area (Å²) in [6.45, 7) is 5.31. The van der Waals surface area contributed by atoms with Crippen LogP contribution in [0.2, 0.25) is 0 Å². The number of nitrogens with zero attached hydrogens (tertiary/aromatic N) is 1. The molecule has 3 aromatic heterocycles. The zero-order valence-corrected chi connectivity index (χ0v) is 18.7. The molecular formula is C22H20FN3O3S2. The van der Waals surface area contributed by atoms with Gasteiger partial charge in [-0.1, -0.05) is 6.07 Å². The average Bonchev–Trinajstić information content (AvgIpc) is 3.40. The number of benzene rings is 1. The van der Waals surface area contributed by atoms with E-state index in [4.69, 9.17) is 4.42 Å². The van der Waals surface area contributed by atoms with E-state index in [-0.39, 0.29) is 22.5 Å². The van der Waals surface area contributed by atoms with Crippen LogP contribution in [0, 0.1) is 12.7 Å². The molecule has 4 rings (SSSR count). The predicted octanol–water partition coefficient (Wildman–Crippen LogP) is 5.51. The molecule has 0 fully saturated rings. The maximum atomic E-state index is 13.7. The van der Waals surface area contributed by atoms with Crippen molar-refractivity contribution in [3.63, 3.8) is 0 Å². The molecule has 1 amide bonds. The Hall–Kier alpha value is -2.91. The first-order valence-electron chi connectivity index (χ1n) is 9.61. The fourth-order valence-corrected chi connectivity index (χ4v) is 5.09. The fraction of sp³-hybridized carbons (Fsp3) is 0.227. The lowest BCUT2D eigenvalue weighted by Crippen LogP contribution is -2.24. The Bertz CT molecular complexity index is 1300. The topological polar surface area (TPSA) is 88.0 Å². The average molecular weight is 458 g/mol. The highest BCUT2D eigenvalue weighted by atomic mass is 32.2. The third-order valence-corrected chi connectivity index (χ3v) is 6.98. The van der Waals surface area contributed by atoms with Crippen molar-refractivity contribution in [3.8, 4) is 11.3 Å². The van der Waals surface area contributed by atoms with E-state index >= 15 is 0 Å². The highest BCUT2D eigenvalue weighted by Gasteiger charge is 2.22. The SMILES string of the molecule is Cc1ccc(NC(=O)C(C)SC(C)c2nc3scc(-c4ccco4)c3c(=O)[nH]2)cc1F. The lowest BCUT2D eigenvalue weighted by atomic mass is 10.2. The van der Waals surface area contributed by atoms with Gasteiger partial charge in [-0.05, 0) is 50.6 Å². The van der Waals surface area contributed by atoms with E-state index in [1.165, 1.54) is 29.2 Å². The van der Waals surface area contributed by atoms with Crippen LogP contribution in [0.4, 0.5) is 10.1 Å². The summed E-state index contributed by atoms with van der Waals surface area (Å²) in [5.41, 5.74) is 1.39. The molecule has 0 saturated carbocycles. The van der Waals surface area contributed by atoms with Crippen LogP contribution in [0.5, 0.6) is 0 Å². The van der Waals surface area contributed by atoms with Crippen molar-refractivity contribution < 1.29 is 13.6 Å². The Morgan fingerprint density at radius 1 is 1.32 bits per heavy atom. The van der Waals surface area contributed by atoms with E-state index in [0.29, 0.717) is 38.6 Å². The second-order valence-electron chi connectivity index (χ2n) is 7.13. The number of rotatable bonds is 6. The number of thioether (sulfide) groups is 1. The van der Waals surface area contributed by atoms with Crippen LogP contribution in [0.25, 0.3) is 21.5 Å². The quantitative estimate of drug-likeness (QED) is 0.398. The van der Waals surface area contributed by atoms with Gasteiger partial charge in [-0.2, -0.15) is 0 Å². The summed E-state index contributed by atoms with van der Waals surface area (Å²) < 4.78 is 19.1. The number of aryl methyl sites for hydroxylation is 1. The third kappa shape index (κ3) is 4.42. The largest absolute Gasteiger partial charge is 0.464 e. The maximum absolute atomic E-state index is 13.7. The minimum absolute atomic E-state index is 0.234. The summed E-state index contributed by atoms with van der Waals surface area (Å²) in [6, 6.07) is 8.15. The zero-order valence-electron chi connectivity index (χ0n) is 17.1. The van der Waals surface area contributed by atoms with Crippen molar-refractivity contribution in [2.75, 3.05) is 5.32 Å². The number of aromatic amines is 1. The predicted molar refractivity (Wildman–Crippen MR) is 123 cm³/mol. The highest BCUT2D eigenvalue weighted by Crippen LogP contribution is 2.34. The molecule has 0 saturated heterocycles. The molecule has 160 valence electrons. The van der Waals surface area contributed by atoms with E-state index in [1.54, 1.807) is 44.4 Å². The summed E-state index contributed by atoms with van der Waals surface area (Å²) in [6.07, 6.45) is 1.56. The molecule has 0 aliphatic heterocycles. The minimum atomic E-state index is -0.442. The van der Waals surface area contributed by atoms with Crippen LogP contribution in [0.3, 0.4) is 0 Å². The van der Waals surface area contributed by atoms with Gasteiger partial charge in [0.2, 0.25) is 5.91 Å². The molecule has 3 heterocycles. The van der Waals surface area contributed by atoms with Crippen LogP contribution in [-0.2, 0) is 4.79 Å². The molecule has 0 aliphatic carbocycles. The molecule has 0 radical (unpaired) electrons. The first-order chi connectivity index (χ1) is 14.8. The Morgan fingerprint density at radius 2 is 2.13 bits per heavy atom. The van der Waals surface area contributed by atoms with Crippen molar-refractivity contribution in [3.05, 3.63) is 69.5 Å². The number of anilines is 1. The monoisotopic (exact) mass is 457 g/mol. The molecule has 6 nitrogen and oxygen atoms in total. The van der Waals surface area contributed by atoms with Crippen molar-refractivity contribution >= 4 is 44.9 Å². The Balaban J connectivity index is 1.50. The van der Waals surface area contributed by atoms with Gasteiger partial charge in [0, 0.05) is 16.6 Å². The number of hydrogen-bond acceptors (Lipinski definition) is 6. The Kier molecular flexibility index (Phi) is 5.97. The van der Waals surface area contributed by atoms with E-state index < -0.39 is 5.25 Å². The zero-order chi connectivity index (χ0) is 22.1. The first-order valence-corrected chi connectivity index (χ1v) is 11.4. The van der Waals surface area contributed by atoms with Gasteiger partial charge in [-0.3, -0.25) is 9.59 Å². The molecular weight excluding hydrogens is 437 g/mol. The molecule has 2 N–H and O–H groups in total. The van der Waals surface area contributed by atoms with Gasteiger partial charge in [0.05, 0.1) is 22.1 Å². The number of amides is 1. The molecule has 0 spiro atoms. The van der Waals surface area contributed by atoms with Gasteiger partial charge in [0.1, 0.15) is 22.2 Å². The first kappa shape index (κ1) is 21.3. The van der Waals surface area contributed by atoms with Crippen LogP contribution < -0.4 is 10.9 Å². The van der Waals surface area contributed by atoms with Crippen LogP contribution in [0.1, 0.15) is 30.5 Å². The molecule has 0 aliphatic rings. The number of aromatic nitrogens is 2. The molecule has 31 heavy (non-hydrogen) atoms. The molecule has 2 unspecified atom stereocenters. The Labute approximate surface area is 185 Å². The van der Waals surface area contributed by atoms with Gasteiger partial charge < -0.3 is 14.7 Å². The van der Waals surface area contributed by atoms with Gasteiger partial charge in [-0.15, -0.1) is 23.1 Å². The van der Waals surface area contributed by atoms with Crippen molar-refractivity contribution in [2.24, 2.45) is 0 Å². The number of H-pyrrole nitrogens is 1. The smallest absolute Gasteiger partial charge is 0.260 e. The van der Waals surface area contributed by atoms with E-state index in [9.17, 15) is 14.0 Å². The number of carbonyl (C=O) groups is 1.